The highest BCUT2D eigenvalue weighted by Crippen LogP contribution is 2.42. The summed E-state index contributed by atoms with van der Waals surface area (Å²) in [5, 5.41) is 33.9. The maximum Gasteiger partial charge on any atom is 0.306 e. The third-order valence-electron chi connectivity index (χ3n) is 20.1. The lowest BCUT2D eigenvalue weighted by molar-refractivity contribution is -0.384. The molecule has 0 unspecified atom stereocenters. The van der Waals surface area contributed by atoms with Gasteiger partial charge in [0.25, 0.3) is 0 Å². The molecule has 16 heteroatoms. The van der Waals surface area contributed by atoms with Gasteiger partial charge in [0.1, 0.15) is 37.6 Å². The Balaban J connectivity index is 2.59. The number of ether oxygens (including phenoxy) is 8. The van der Waals surface area contributed by atoms with E-state index in [0.717, 1.165) is 128 Å². The fourth-order valence-corrected chi connectivity index (χ4v) is 13.8. The first-order valence-corrected chi connectivity index (χ1v) is 41.8. The first kappa shape index (κ1) is 91.2. The fourth-order valence-electron chi connectivity index (χ4n) is 13.8. The predicted octanol–water partition coefficient (Wildman–Crippen LogP) is 20.9. The van der Waals surface area contributed by atoms with E-state index >= 15 is 0 Å². The van der Waals surface area contributed by atoms with Gasteiger partial charge in [0, 0.05) is 32.1 Å². The minimum absolute atomic E-state index is 0.00610. The molecule has 0 aromatic rings. The molecule has 576 valence electrons. The first-order chi connectivity index (χ1) is 47.9. The number of aliphatic hydroxyl groups is 3. The summed E-state index contributed by atoms with van der Waals surface area (Å²) in [5.41, 5.74) is 0. The van der Waals surface area contributed by atoms with Crippen molar-refractivity contribution < 1.29 is 77.2 Å². The first-order valence-electron chi connectivity index (χ1n) is 41.8. The van der Waals surface area contributed by atoms with Gasteiger partial charge in [-0.1, -0.05) is 356 Å². The third-order valence-corrected chi connectivity index (χ3v) is 20.1. The molecule has 9 atom stereocenters. The quantitative estimate of drug-likeness (QED) is 0.0293. The lowest BCUT2D eigenvalue weighted by atomic mass is 9.98. The van der Waals surface area contributed by atoms with Crippen LogP contribution in [0.15, 0.2) is 0 Å². The summed E-state index contributed by atoms with van der Waals surface area (Å²) in [6.45, 7) is 9.09. The molecule has 98 heavy (non-hydrogen) atoms. The van der Waals surface area contributed by atoms with E-state index in [2.05, 4.69) is 34.6 Å². The van der Waals surface area contributed by atoms with Gasteiger partial charge in [-0.2, -0.15) is 0 Å². The van der Waals surface area contributed by atoms with Gasteiger partial charge in [0.05, 0.1) is 6.61 Å². The summed E-state index contributed by atoms with van der Waals surface area (Å²) in [4.78, 5) is 70.7. The van der Waals surface area contributed by atoms with Crippen LogP contribution in [0.1, 0.15) is 420 Å². The summed E-state index contributed by atoms with van der Waals surface area (Å²) < 4.78 is 51.0. The van der Waals surface area contributed by atoms with Gasteiger partial charge in [-0.15, -0.1) is 0 Å². The van der Waals surface area contributed by atoms with E-state index in [4.69, 9.17) is 37.9 Å². The summed E-state index contributed by atoms with van der Waals surface area (Å²) in [6.07, 6.45) is 46.6. The van der Waals surface area contributed by atoms with Crippen LogP contribution in [-0.4, -0.2) is 120 Å². The molecule has 2 fully saturated rings. The van der Waals surface area contributed by atoms with Crippen LogP contribution in [0, 0.1) is 0 Å². The van der Waals surface area contributed by atoms with Crippen LogP contribution >= 0.6 is 0 Å². The molecule has 0 saturated carbocycles. The number of carbonyl (C=O) groups excluding carboxylic acids is 5. The molecule has 0 aliphatic carbocycles. The maximum atomic E-state index is 14.6. The molecular weight excluding hydrogens is 1240 g/mol. The Hall–Kier alpha value is -2.89. The summed E-state index contributed by atoms with van der Waals surface area (Å²) in [7, 11) is 0. The Morgan fingerprint density at radius 1 is 0.316 bits per heavy atom. The van der Waals surface area contributed by atoms with E-state index in [0.29, 0.717) is 32.1 Å². The maximum absolute atomic E-state index is 14.6. The summed E-state index contributed by atoms with van der Waals surface area (Å²) in [6, 6.07) is 0. The largest absolute Gasteiger partial charge is 0.463 e. The summed E-state index contributed by atoms with van der Waals surface area (Å²) >= 11 is 0. The lowest BCUT2D eigenvalue weighted by Gasteiger charge is -2.45. The fraction of sp³-hybridized carbons (Fsp3) is 0.939. The van der Waals surface area contributed by atoms with Crippen LogP contribution in [0.25, 0.3) is 0 Å². The van der Waals surface area contributed by atoms with Crippen LogP contribution < -0.4 is 0 Å². The SMILES string of the molecule is CCCCCCCCCCCCCC(=O)OC[C@H]1O[C@@](COC(=O)CCCCCCCCCCCCC)(O[C@H]2O[C@H](CO)[C@@H](O)[C@H](O)[C@H]2OC(=O)CCCCCCCCCCCCC)[C@@H](OC(=O)CCCCCCCCCCCCC)[C@@H]1OC(=O)CCCCCCCCCCCCC. The Morgan fingerprint density at radius 3 is 0.888 bits per heavy atom. The van der Waals surface area contributed by atoms with Gasteiger partial charge in [0.15, 0.2) is 18.3 Å². The zero-order valence-electron chi connectivity index (χ0n) is 63.8. The normalized spacial score (nSPS) is 20.8. The molecule has 16 nitrogen and oxygen atoms in total. The van der Waals surface area contributed by atoms with Crippen LogP contribution in [-0.2, 0) is 61.9 Å². The van der Waals surface area contributed by atoms with Crippen LogP contribution in [0.5, 0.6) is 0 Å². The van der Waals surface area contributed by atoms with Gasteiger partial charge >= 0.3 is 29.8 Å². The molecule has 2 saturated heterocycles. The van der Waals surface area contributed by atoms with Gasteiger partial charge in [0.2, 0.25) is 12.1 Å². The van der Waals surface area contributed by atoms with Crippen molar-refractivity contribution >= 4 is 29.8 Å². The molecular formula is C82H152O16. The molecule has 2 aliphatic rings. The molecule has 0 radical (unpaired) electrons. The lowest BCUT2D eigenvalue weighted by Crippen LogP contribution is -2.64. The number of rotatable bonds is 70. The third kappa shape index (κ3) is 46.0. The van der Waals surface area contributed by atoms with Gasteiger partial charge in [-0.3, -0.25) is 24.0 Å². The molecule has 2 aliphatic heterocycles. The standard InChI is InChI=1S/C82H152O16/c1-6-11-16-21-26-31-36-41-46-51-56-61-71(84)91-67-70-78(94-73(86)63-58-53-48-43-38-33-28-23-18-13-8-3)80(96-75(88)65-60-55-50-45-40-35-30-25-20-15-10-5)82(97-70,68-92-72(85)62-57-52-47-42-37-32-27-22-17-12-7-2)98-81-79(77(90)76(89)69(66-83)93-81)95-74(87)64-59-54-49-44-39-34-29-24-19-14-9-4/h69-70,76-81,83,89-90H,6-68H2,1-5H3/t69-,70-,76-,77+,78-,79-,80+,81-,82+/m1/s1. The highest BCUT2D eigenvalue weighted by molar-refractivity contribution is 5.72. The van der Waals surface area contributed by atoms with Crippen LogP contribution in [0.3, 0.4) is 0 Å². The molecule has 0 bridgehead atoms. The van der Waals surface area contributed by atoms with E-state index in [9.17, 15) is 39.3 Å². The minimum atomic E-state index is -2.43. The molecule has 2 heterocycles. The Bertz CT molecular complexity index is 1890. The summed E-state index contributed by atoms with van der Waals surface area (Å²) in [5.74, 6) is -5.50. The average Bonchev–Trinajstić information content (AvgIpc) is 1.57. The molecule has 0 aromatic carbocycles. The highest BCUT2D eigenvalue weighted by Gasteiger charge is 2.64. The van der Waals surface area contributed by atoms with Crippen molar-refractivity contribution in [3.8, 4) is 0 Å². The second-order valence-electron chi connectivity index (χ2n) is 29.4. The van der Waals surface area contributed by atoms with Crippen LogP contribution in [0.2, 0.25) is 0 Å². The predicted molar refractivity (Wildman–Crippen MR) is 393 cm³/mol. The number of hydrogen-bond donors (Lipinski definition) is 3. The smallest absolute Gasteiger partial charge is 0.306 e. The molecule has 2 rings (SSSR count). The number of aliphatic hydroxyl groups excluding tert-OH is 3. The van der Waals surface area contributed by atoms with E-state index in [1.54, 1.807) is 0 Å². The monoisotopic (exact) mass is 1390 g/mol. The number of esters is 5. The Morgan fingerprint density at radius 2 is 0.582 bits per heavy atom. The van der Waals surface area contributed by atoms with E-state index in [-0.39, 0.29) is 32.1 Å². The number of hydrogen-bond acceptors (Lipinski definition) is 16. The van der Waals surface area contributed by atoms with Crippen molar-refractivity contribution in [2.75, 3.05) is 19.8 Å². The average molecular weight is 1390 g/mol. The van der Waals surface area contributed by atoms with E-state index < -0.39 is 104 Å². The molecule has 0 spiro atoms. The van der Waals surface area contributed by atoms with Crippen molar-refractivity contribution in [1.82, 2.24) is 0 Å². The molecule has 0 aromatic heterocycles. The van der Waals surface area contributed by atoms with Crippen molar-refractivity contribution in [1.29, 1.82) is 0 Å². The number of unbranched alkanes of at least 4 members (excludes halogenated alkanes) is 50. The van der Waals surface area contributed by atoms with E-state index in [1.165, 1.54) is 193 Å². The van der Waals surface area contributed by atoms with Crippen LogP contribution in [0.4, 0.5) is 0 Å². The molecule has 3 N–H and O–H groups in total. The second-order valence-corrected chi connectivity index (χ2v) is 29.4. The van der Waals surface area contributed by atoms with Crippen molar-refractivity contribution in [2.45, 2.75) is 475 Å². The Kier molecular flexibility index (Phi) is 59.3. The van der Waals surface area contributed by atoms with Gasteiger partial charge < -0.3 is 53.2 Å². The van der Waals surface area contributed by atoms with Gasteiger partial charge in [-0.05, 0) is 32.1 Å². The van der Waals surface area contributed by atoms with Crippen molar-refractivity contribution in [3.63, 3.8) is 0 Å². The molecule has 0 amide bonds. The second kappa shape index (κ2) is 63.8. The van der Waals surface area contributed by atoms with Crippen molar-refractivity contribution in [2.24, 2.45) is 0 Å². The Labute approximate surface area is 598 Å². The topological polar surface area (TPSA) is 220 Å². The highest BCUT2D eigenvalue weighted by atomic mass is 16.8. The van der Waals surface area contributed by atoms with Gasteiger partial charge in [-0.25, -0.2) is 0 Å². The zero-order chi connectivity index (χ0) is 71.2. The minimum Gasteiger partial charge on any atom is -0.463 e. The van der Waals surface area contributed by atoms with E-state index in [1.807, 2.05) is 0 Å². The number of carbonyl (C=O) groups is 5. The zero-order valence-corrected chi connectivity index (χ0v) is 63.8. The van der Waals surface area contributed by atoms with Crippen molar-refractivity contribution in [3.05, 3.63) is 0 Å².